The van der Waals surface area contributed by atoms with Crippen LogP contribution in [0.5, 0.6) is 0 Å². The van der Waals surface area contributed by atoms with E-state index in [-0.39, 0.29) is 0 Å². The smallest absolute Gasteiger partial charge is 0.373 e. The van der Waals surface area contributed by atoms with Crippen LogP contribution in [0.3, 0.4) is 0 Å². The molecule has 9 heteroatoms. The monoisotopic (exact) mass is 292 g/mol. The lowest BCUT2D eigenvalue weighted by atomic mass is 10.9. The lowest BCUT2D eigenvalue weighted by Crippen LogP contribution is -2.49. The van der Waals surface area contributed by atoms with Crippen LogP contribution >= 0.6 is 11.8 Å². The Morgan fingerprint density at radius 1 is 1.17 bits per heavy atom. The standard InChI is InChI=1S/C9H20N4O3SSi/c1-4-14-18(15-5-2,16-6-3)7-17-9-11-8(10)12-13-9/h4-7H2,1-3H3,(H3,10,11,12,13). The van der Waals surface area contributed by atoms with Crippen LogP contribution in [0.2, 0.25) is 0 Å². The Morgan fingerprint density at radius 2 is 1.72 bits per heavy atom. The average molecular weight is 292 g/mol. The highest BCUT2D eigenvalue weighted by atomic mass is 32.2. The molecule has 0 saturated heterocycles. The topological polar surface area (TPSA) is 95.3 Å². The number of aromatic nitrogens is 3. The molecule has 0 fully saturated rings. The first kappa shape index (κ1) is 15.4. The molecule has 0 spiro atoms. The van der Waals surface area contributed by atoms with Crippen molar-refractivity contribution in [2.24, 2.45) is 0 Å². The molecule has 7 nitrogen and oxygen atoms in total. The maximum atomic E-state index is 5.72. The van der Waals surface area contributed by atoms with Gasteiger partial charge in [0.05, 0.1) is 5.38 Å². The molecule has 0 aromatic carbocycles. The lowest BCUT2D eigenvalue weighted by molar-refractivity contribution is 0.0773. The van der Waals surface area contributed by atoms with Crippen molar-refractivity contribution in [2.75, 3.05) is 30.9 Å². The highest BCUT2D eigenvalue weighted by Gasteiger charge is 2.41. The molecule has 0 aliphatic carbocycles. The van der Waals surface area contributed by atoms with E-state index in [1.54, 1.807) is 0 Å². The van der Waals surface area contributed by atoms with Gasteiger partial charge in [0.25, 0.3) is 0 Å². The van der Waals surface area contributed by atoms with Gasteiger partial charge in [-0.25, -0.2) is 5.10 Å². The molecule has 18 heavy (non-hydrogen) atoms. The molecule has 0 atom stereocenters. The molecule has 1 rings (SSSR count). The van der Waals surface area contributed by atoms with Gasteiger partial charge < -0.3 is 19.0 Å². The van der Waals surface area contributed by atoms with Gasteiger partial charge in [0.15, 0.2) is 0 Å². The van der Waals surface area contributed by atoms with Gasteiger partial charge in [0, 0.05) is 19.8 Å². The molecule has 0 bridgehead atoms. The minimum absolute atomic E-state index is 0.300. The number of hydrogen-bond donors (Lipinski definition) is 2. The molecule has 104 valence electrons. The molecule has 1 aromatic rings. The Morgan fingerprint density at radius 3 is 2.11 bits per heavy atom. The van der Waals surface area contributed by atoms with Crippen molar-refractivity contribution in [3.63, 3.8) is 0 Å². The Balaban J connectivity index is 2.63. The Kier molecular flexibility index (Phi) is 6.64. The number of nitrogens with zero attached hydrogens (tertiary/aromatic N) is 2. The predicted octanol–water partition coefficient (Wildman–Crippen LogP) is 1.07. The molecule has 3 N–H and O–H groups in total. The molecule has 0 unspecified atom stereocenters. The zero-order valence-corrected chi connectivity index (χ0v) is 12.7. The summed E-state index contributed by atoms with van der Waals surface area (Å²) in [5.41, 5.74) is 5.47. The number of aromatic amines is 1. The van der Waals surface area contributed by atoms with Crippen LogP contribution in [0, 0.1) is 0 Å². The van der Waals surface area contributed by atoms with Gasteiger partial charge in [0.1, 0.15) is 0 Å². The van der Waals surface area contributed by atoms with Crippen molar-refractivity contribution < 1.29 is 13.3 Å². The van der Waals surface area contributed by atoms with E-state index in [1.807, 2.05) is 20.8 Å². The molecular weight excluding hydrogens is 272 g/mol. The number of thioether (sulfide) groups is 1. The van der Waals surface area contributed by atoms with E-state index >= 15 is 0 Å². The number of rotatable bonds is 9. The molecular formula is C9H20N4O3SSi. The van der Waals surface area contributed by atoms with E-state index in [9.17, 15) is 0 Å². The van der Waals surface area contributed by atoms with Crippen LogP contribution in [-0.4, -0.2) is 49.2 Å². The fourth-order valence-electron chi connectivity index (χ4n) is 1.39. The minimum Gasteiger partial charge on any atom is -0.373 e. The van der Waals surface area contributed by atoms with E-state index in [0.29, 0.717) is 36.3 Å². The quantitative estimate of drug-likeness (QED) is 0.519. The highest BCUT2D eigenvalue weighted by Crippen LogP contribution is 2.21. The van der Waals surface area contributed by atoms with Gasteiger partial charge in [-0.2, -0.15) is 4.98 Å². The third kappa shape index (κ3) is 4.57. The number of H-pyrrole nitrogens is 1. The number of anilines is 1. The molecule has 1 heterocycles. The first-order valence-electron chi connectivity index (χ1n) is 5.88. The second-order valence-corrected chi connectivity index (χ2v) is 7.31. The van der Waals surface area contributed by atoms with Crippen LogP contribution in [0.4, 0.5) is 5.95 Å². The molecule has 0 aliphatic heterocycles. The summed E-state index contributed by atoms with van der Waals surface area (Å²) in [5, 5.41) is 7.69. The summed E-state index contributed by atoms with van der Waals surface area (Å²) >= 11 is 1.42. The number of hydrogen-bond acceptors (Lipinski definition) is 7. The normalized spacial score (nSPS) is 11.9. The van der Waals surface area contributed by atoms with Gasteiger partial charge in [-0.1, -0.05) is 11.8 Å². The third-order valence-electron chi connectivity index (χ3n) is 1.95. The van der Waals surface area contributed by atoms with Gasteiger partial charge in [-0.05, 0) is 20.8 Å². The Bertz CT molecular complexity index is 335. The van der Waals surface area contributed by atoms with Crippen molar-refractivity contribution in [2.45, 2.75) is 25.9 Å². The second-order valence-electron chi connectivity index (χ2n) is 3.27. The molecule has 0 aliphatic rings. The fraction of sp³-hybridized carbons (Fsp3) is 0.778. The van der Waals surface area contributed by atoms with E-state index in [1.165, 1.54) is 11.8 Å². The summed E-state index contributed by atoms with van der Waals surface area (Å²) in [4.78, 5) is 4.02. The minimum atomic E-state index is -2.64. The molecule has 1 aromatic heterocycles. The van der Waals surface area contributed by atoms with Crippen LogP contribution in [0.25, 0.3) is 0 Å². The molecule has 0 radical (unpaired) electrons. The predicted molar refractivity (Wildman–Crippen MR) is 72.2 cm³/mol. The zero-order chi connectivity index (χ0) is 13.4. The van der Waals surface area contributed by atoms with Crippen molar-refractivity contribution in [3.8, 4) is 0 Å². The molecule has 0 amide bonds. The van der Waals surface area contributed by atoms with Gasteiger partial charge in [0.2, 0.25) is 11.1 Å². The maximum absolute atomic E-state index is 5.72. The van der Waals surface area contributed by atoms with E-state index in [4.69, 9.17) is 19.0 Å². The summed E-state index contributed by atoms with van der Waals surface area (Å²) in [6, 6.07) is 0. The summed E-state index contributed by atoms with van der Waals surface area (Å²) < 4.78 is 17.1. The number of nitrogen functional groups attached to an aromatic ring is 1. The Hall–Kier alpha value is -0.613. The van der Waals surface area contributed by atoms with Crippen molar-refractivity contribution in [1.82, 2.24) is 15.2 Å². The number of nitrogens with two attached hydrogens (primary N) is 1. The summed E-state index contributed by atoms with van der Waals surface area (Å²) in [6.07, 6.45) is 0. The van der Waals surface area contributed by atoms with Crippen LogP contribution in [0.15, 0.2) is 5.16 Å². The summed E-state index contributed by atoms with van der Waals surface area (Å²) in [5.74, 6) is 0.300. The summed E-state index contributed by atoms with van der Waals surface area (Å²) in [7, 11) is -2.64. The van der Waals surface area contributed by atoms with Gasteiger partial charge >= 0.3 is 8.80 Å². The largest absolute Gasteiger partial charge is 0.511 e. The SMILES string of the molecule is CCO[Si](CSc1n[nH]c(N)n1)(OCC)OCC. The fourth-order valence-corrected chi connectivity index (χ4v) is 5.45. The molecule has 0 saturated carbocycles. The van der Waals surface area contributed by atoms with E-state index in [2.05, 4.69) is 15.2 Å². The van der Waals surface area contributed by atoms with Crippen molar-refractivity contribution >= 4 is 26.5 Å². The van der Waals surface area contributed by atoms with E-state index < -0.39 is 8.80 Å². The van der Waals surface area contributed by atoms with Crippen LogP contribution in [0.1, 0.15) is 20.8 Å². The highest BCUT2D eigenvalue weighted by molar-refractivity contribution is 8.00. The maximum Gasteiger partial charge on any atom is 0.511 e. The number of nitrogens with one attached hydrogen (secondary N) is 1. The first-order chi connectivity index (χ1) is 8.65. The van der Waals surface area contributed by atoms with Crippen molar-refractivity contribution in [3.05, 3.63) is 0 Å². The van der Waals surface area contributed by atoms with Gasteiger partial charge in [-0.15, -0.1) is 5.10 Å². The first-order valence-corrected chi connectivity index (χ1v) is 8.80. The zero-order valence-electron chi connectivity index (χ0n) is 10.9. The van der Waals surface area contributed by atoms with Gasteiger partial charge in [-0.3, -0.25) is 0 Å². The van der Waals surface area contributed by atoms with Crippen LogP contribution in [-0.2, 0) is 13.3 Å². The average Bonchev–Trinajstić information content (AvgIpc) is 2.74. The van der Waals surface area contributed by atoms with Crippen molar-refractivity contribution in [1.29, 1.82) is 0 Å². The lowest BCUT2D eigenvalue weighted by Gasteiger charge is -2.27. The second kappa shape index (κ2) is 7.74. The van der Waals surface area contributed by atoms with E-state index in [0.717, 1.165) is 0 Å². The third-order valence-corrected chi connectivity index (χ3v) is 6.57. The summed E-state index contributed by atoms with van der Waals surface area (Å²) in [6.45, 7) is 7.45. The Labute approximate surface area is 112 Å². The van der Waals surface area contributed by atoms with Crippen LogP contribution < -0.4 is 5.73 Å².